The van der Waals surface area contributed by atoms with E-state index in [2.05, 4.69) is 15.0 Å². The molecule has 1 aromatic carbocycles. The van der Waals surface area contributed by atoms with Gasteiger partial charge in [0.15, 0.2) is 5.82 Å². The minimum atomic E-state index is -0.258. The Bertz CT molecular complexity index is 586. The molecule has 0 aliphatic rings. The molecule has 1 aromatic heterocycles. The minimum Gasteiger partial charge on any atom is -0.347 e. The van der Waals surface area contributed by atoms with Crippen molar-refractivity contribution in [1.82, 2.24) is 15.0 Å². The highest BCUT2D eigenvalue weighted by molar-refractivity contribution is 6.28. The van der Waals surface area contributed by atoms with E-state index in [1.807, 2.05) is 14.1 Å². The van der Waals surface area contributed by atoms with Crippen molar-refractivity contribution in [2.24, 2.45) is 0 Å². The summed E-state index contributed by atoms with van der Waals surface area (Å²) in [7, 11) is 3.62. The van der Waals surface area contributed by atoms with Gasteiger partial charge in [-0.05, 0) is 42.3 Å². The number of nitrogens with zero attached hydrogens (tertiary/aromatic N) is 4. The van der Waals surface area contributed by atoms with Gasteiger partial charge in [0.2, 0.25) is 11.2 Å². The van der Waals surface area contributed by atoms with Crippen LogP contribution < -0.4 is 4.90 Å². The highest BCUT2D eigenvalue weighted by Gasteiger charge is 2.09. The lowest BCUT2D eigenvalue weighted by Gasteiger charge is -2.11. The molecule has 0 unspecified atom stereocenters. The van der Waals surface area contributed by atoms with Crippen molar-refractivity contribution in [2.75, 3.05) is 19.0 Å². The summed E-state index contributed by atoms with van der Waals surface area (Å²) in [5.74, 6) is 0.639. The number of anilines is 1. The van der Waals surface area contributed by atoms with Gasteiger partial charge in [0.1, 0.15) is 5.82 Å². The average molecular weight is 267 g/mol. The Labute approximate surface area is 109 Å². The molecule has 4 nitrogen and oxygen atoms in total. The zero-order valence-electron chi connectivity index (χ0n) is 10.3. The second-order valence-electron chi connectivity index (χ2n) is 4.09. The van der Waals surface area contributed by atoms with Crippen LogP contribution in [0.1, 0.15) is 5.56 Å². The van der Waals surface area contributed by atoms with E-state index < -0.39 is 0 Å². The van der Waals surface area contributed by atoms with Gasteiger partial charge < -0.3 is 4.90 Å². The molecule has 18 heavy (non-hydrogen) atoms. The molecule has 0 amide bonds. The number of benzene rings is 1. The molecule has 0 radical (unpaired) electrons. The zero-order valence-corrected chi connectivity index (χ0v) is 11.0. The molecular weight excluding hydrogens is 255 g/mol. The van der Waals surface area contributed by atoms with Crippen molar-refractivity contribution >= 4 is 17.5 Å². The van der Waals surface area contributed by atoms with Crippen LogP contribution in [-0.4, -0.2) is 29.0 Å². The fourth-order valence-electron chi connectivity index (χ4n) is 1.45. The van der Waals surface area contributed by atoms with Crippen molar-refractivity contribution in [3.63, 3.8) is 0 Å². The summed E-state index contributed by atoms with van der Waals surface area (Å²) in [6.45, 7) is 1.69. The second kappa shape index (κ2) is 4.86. The summed E-state index contributed by atoms with van der Waals surface area (Å²) in [5, 5.41) is 0.116. The molecule has 94 valence electrons. The first kappa shape index (κ1) is 12.7. The van der Waals surface area contributed by atoms with Crippen LogP contribution in [0, 0.1) is 12.7 Å². The van der Waals surface area contributed by atoms with E-state index in [1.165, 1.54) is 6.07 Å². The molecule has 2 rings (SSSR count). The summed E-state index contributed by atoms with van der Waals surface area (Å²) < 4.78 is 13.2. The van der Waals surface area contributed by atoms with Crippen LogP contribution in [0.3, 0.4) is 0 Å². The minimum absolute atomic E-state index is 0.116. The van der Waals surface area contributed by atoms with Gasteiger partial charge in [-0.15, -0.1) is 0 Å². The van der Waals surface area contributed by atoms with E-state index in [4.69, 9.17) is 11.6 Å². The summed E-state index contributed by atoms with van der Waals surface area (Å²) in [6, 6.07) is 4.69. The van der Waals surface area contributed by atoms with Gasteiger partial charge in [0.25, 0.3) is 0 Å². The van der Waals surface area contributed by atoms with Crippen LogP contribution in [0.4, 0.5) is 10.3 Å². The van der Waals surface area contributed by atoms with E-state index in [0.717, 1.165) is 0 Å². The number of aromatic nitrogens is 3. The van der Waals surface area contributed by atoms with Crippen LogP contribution in [0.25, 0.3) is 11.4 Å². The number of hydrogen-bond acceptors (Lipinski definition) is 4. The molecule has 0 bridgehead atoms. The predicted molar refractivity (Wildman–Crippen MR) is 69.3 cm³/mol. The van der Waals surface area contributed by atoms with Crippen LogP contribution in [0.15, 0.2) is 18.2 Å². The highest BCUT2D eigenvalue weighted by Crippen LogP contribution is 2.21. The molecule has 0 spiro atoms. The van der Waals surface area contributed by atoms with Gasteiger partial charge in [-0.3, -0.25) is 0 Å². The smallest absolute Gasteiger partial charge is 0.229 e. The summed E-state index contributed by atoms with van der Waals surface area (Å²) in [5.41, 5.74) is 1.25. The summed E-state index contributed by atoms with van der Waals surface area (Å²) in [6.07, 6.45) is 0. The number of halogens is 2. The molecule has 2 aromatic rings. The molecule has 0 fully saturated rings. The van der Waals surface area contributed by atoms with Crippen molar-refractivity contribution < 1.29 is 4.39 Å². The normalized spacial score (nSPS) is 10.5. The number of hydrogen-bond donors (Lipinski definition) is 0. The highest BCUT2D eigenvalue weighted by atomic mass is 35.5. The van der Waals surface area contributed by atoms with E-state index >= 15 is 0 Å². The van der Waals surface area contributed by atoms with Gasteiger partial charge in [0.05, 0.1) is 0 Å². The quantitative estimate of drug-likeness (QED) is 0.838. The first-order valence-electron chi connectivity index (χ1n) is 5.33. The predicted octanol–water partition coefficient (Wildman–Crippen LogP) is 2.71. The average Bonchev–Trinajstić information content (AvgIpc) is 2.31. The first-order valence-corrected chi connectivity index (χ1v) is 5.70. The zero-order chi connectivity index (χ0) is 13.3. The fraction of sp³-hybridized carbons (Fsp3) is 0.250. The topological polar surface area (TPSA) is 41.9 Å². The molecule has 0 saturated carbocycles. The van der Waals surface area contributed by atoms with Gasteiger partial charge in [0, 0.05) is 19.7 Å². The Morgan fingerprint density at radius 2 is 1.89 bits per heavy atom. The van der Waals surface area contributed by atoms with Gasteiger partial charge in [-0.1, -0.05) is 0 Å². The Kier molecular flexibility index (Phi) is 3.43. The summed E-state index contributed by atoms with van der Waals surface area (Å²) >= 11 is 5.85. The van der Waals surface area contributed by atoms with Crippen molar-refractivity contribution in [1.29, 1.82) is 0 Å². The van der Waals surface area contributed by atoms with E-state index in [0.29, 0.717) is 22.9 Å². The van der Waals surface area contributed by atoms with Crippen molar-refractivity contribution in [3.8, 4) is 11.4 Å². The Morgan fingerprint density at radius 3 is 2.50 bits per heavy atom. The Hall–Kier alpha value is -1.75. The maximum absolute atomic E-state index is 13.2. The van der Waals surface area contributed by atoms with Crippen molar-refractivity contribution in [3.05, 3.63) is 34.9 Å². The molecule has 1 heterocycles. The monoisotopic (exact) mass is 266 g/mol. The van der Waals surface area contributed by atoms with Gasteiger partial charge in [-0.25, -0.2) is 4.39 Å². The second-order valence-corrected chi connectivity index (χ2v) is 4.42. The van der Waals surface area contributed by atoms with Crippen molar-refractivity contribution in [2.45, 2.75) is 6.92 Å². The third kappa shape index (κ3) is 2.56. The third-order valence-electron chi connectivity index (χ3n) is 2.41. The number of rotatable bonds is 2. The maximum atomic E-state index is 13.2. The first-order chi connectivity index (χ1) is 8.47. The van der Waals surface area contributed by atoms with E-state index in [-0.39, 0.29) is 11.1 Å². The largest absolute Gasteiger partial charge is 0.347 e. The number of aryl methyl sites for hydroxylation is 1. The van der Waals surface area contributed by atoms with Crippen LogP contribution in [-0.2, 0) is 0 Å². The van der Waals surface area contributed by atoms with E-state index in [1.54, 1.807) is 24.0 Å². The van der Waals surface area contributed by atoms with Gasteiger partial charge >= 0.3 is 0 Å². The molecule has 0 atom stereocenters. The Morgan fingerprint density at radius 1 is 1.17 bits per heavy atom. The fourth-order valence-corrected chi connectivity index (χ4v) is 1.61. The molecule has 0 aliphatic carbocycles. The van der Waals surface area contributed by atoms with Crippen LogP contribution in [0.2, 0.25) is 5.28 Å². The molecule has 0 saturated heterocycles. The molecular formula is C12H12ClFN4. The third-order valence-corrected chi connectivity index (χ3v) is 2.58. The van der Waals surface area contributed by atoms with E-state index in [9.17, 15) is 4.39 Å². The standard InChI is InChI=1S/C12H12ClFN4/c1-7-6-8(4-5-9(7)14)10-15-11(13)17-12(16-10)18(2)3/h4-6H,1-3H3. The van der Waals surface area contributed by atoms with Crippen LogP contribution in [0.5, 0.6) is 0 Å². The van der Waals surface area contributed by atoms with Gasteiger partial charge in [-0.2, -0.15) is 15.0 Å². The lowest BCUT2D eigenvalue weighted by atomic mass is 10.1. The maximum Gasteiger partial charge on any atom is 0.229 e. The SMILES string of the molecule is Cc1cc(-c2nc(Cl)nc(N(C)C)n2)ccc1F. The lowest BCUT2D eigenvalue weighted by Crippen LogP contribution is -2.14. The molecule has 0 N–H and O–H groups in total. The summed E-state index contributed by atoms with van der Waals surface area (Å²) in [4.78, 5) is 14.0. The lowest BCUT2D eigenvalue weighted by molar-refractivity contribution is 0.618. The molecule has 0 aliphatic heterocycles. The Balaban J connectivity index is 2.53. The molecule has 6 heteroatoms. The van der Waals surface area contributed by atoms with Crippen LogP contribution >= 0.6 is 11.6 Å².